The Labute approximate surface area is 155 Å². The van der Waals surface area contributed by atoms with Crippen molar-refractivity contribution in [3.63, 3.8) is 0 Å². The summed E-state index contributed by atoms with van der Waals surface area (Å²) in [6.45, 7) is 1.79. The summed E-state index contributed by atoms with van der Waals surface area (Å²) in [7, 11) is 1.26. The first kappa shape index (κ1) is 17.8. The number of nitrogens with zero attached hydrogens (tertiary/aromatic N) is 1. The molecule has 6 heteroatoms. The minimum atomic E-state index is -0.644. The topological polar surface area (TPSA) is 79.1 Å². The van der Waals surface area contributed by atoms with E-state index in [1.807, 2.05) is 30.3 Å². The van der Waals surface area contributed by atoms with Gasteiger partial charge in [0.1, 0.15) is 22.1 Å². The minimum Gasteiger partial charge on any atom is -0.508 e. The van der Waals surface area contributed by atoms with Crippen molar-refractivity contribution in [3.8, 4) is 5.75 Å². The maximum Gasteiger partial charge on any atom is 0.344 e. The fourth-order valence-electron chi connectivity index (χ4n) is 2.43. The maximum absolute atomic E-state index is 12.1. The van der Waals surface area contributed by atoms with Gasteiger partial charge in [-0.3, -0.25) is 0 Å². The summed E-state index contributed by atoms with van der Waals surface area (Å²) in [5.74, 6) is -0.607. The van der Waals surface area contributed by atoms with E-state index < -0.39 is 5.97 Å². The molecule has 1 aliphatic rings. The van der Waals surface area contributed by atoms with Crippen molar-refractivity contribution in [2.45, 2.75) is 6.92 Å². The number of aliphatic imine (C=N–C) groups is 1. The molecule has 0 spiro atoms. The lowest BCUT2D eigenvalue weighted by Crippen LogP contribution is -2.10. The van der Waals surface area contributed by atoms with E-state index in [0.29, 0.717) is 15.6 Å². The smallest absolute Gasteiger partial charge is 0.344 e. The number of hydrogen-bond donors (Lipinski definition) is 2. The normalized spacial score (nSPS) is 17.2. The van der Waals surface area contributed by atoms with Gasteiger partial charge in [-0.15, -0.1) is 0 Å². The third kappa shape index (κ3) is 3.65. The van der Waals surface area contributed by atoms with Crippen molar-refractivity contribution >= 4 is 34.5 Å². The molecule has 0 saturated heterocycles. The van der Waals surface area contributed by atoms with Gasteiger partial charge >= 0.3 is 5.97 Å². The fourth-order valence-corrected chi connectivity index (χ4v) is 3.47. The number of ether oxygens (including phenoxy) is 1. The van der Waals surface area contributed by atoms with Crippen LogP contribution in [0.15, 0.2) is 69.8 Å². The van der Waals surface area contributed by atoms with Crippen molar-refractivity contribution in [1.29, 1.82) is 0 Å². The third-order valence-corrected chi connectivity index (χ3v) is 4.81. The van der Waals surface area contributed by atoms with Crippen LogP contribution in [0.2, 0.25) is 0 Å². The summed E-state index contributed by atoms with van der Waals surface area (Å²) < 4.78 is 4.79. The van der Waals surface area contributed by atoms with E-state index in [0.717, 1.165) is 11.1 Å². The molecule has 1 heterocycles. The minimum absolute atomic E-state index is 0.0445. The molecule has 0 radical (unpaired) electrons. The van der Waals surface area contributed by atoms with E-state index in [-0.39, 0.29) is 17.1 Å². The van der Waals surface area contributed by atoms with Crippen LogP contribution in [0.4, 0.5) is 5.69 Å². The predicted octanol–water partition coefficient (Wildman–Crippen LogP) is 4.50. The Bertz CT molecular complexity index is 946. The number of benzene rings is 2. The monoisotopic (exact) mass is 367 g/mol. The second kappa shape index (κ2) is 7.49. The van der Waals surface area contributed by atoms with E-state index in [2.05, 4.69) is 4.99 Å². The predicted molar refractivity (Wildman–Crippen MR) is 104 cm³/mol. The molecule has 0 unspecified atom stereocenters. The molecular formula is C20H17NO4S. The van der Waals surface area contributed by atoms with Crippen molar-refractivity contribution in [2.75, 3.05) is 7.11 Å². The van der Waals surface area contributed by atoms with Crippen LogP contribution in [0, 0.1) is 6.92 Å². The zero-order valence-corrected chi connectivity index (χ0v) is 15.1. The Morgan fingerprint density at radius 3 is 2.54 bits per heavy atom. The van der Waals surface area contributed by atoms with Gasteiger partial charge in [0.2, 0.25) is 0 Å². The van der Waals surface area contributed by atoms with Crippen LogP contribution in [0.3, 0.4) is 0 Å². The van der Waals surface area contributed by atoms with Crippen LogP contribution in [0.1, 0.15) is 11.1 Å². The van der Waals surface area contributed by atoms with Gasteiger partial charge in [-0.25, -0.2) is 9.79 Å². The molecule has 5 nitrogen and oxygen atoms in total. The molecule has 0 aliphatic carbocycles. The number of esters is 1. The van der Waals surface area contributed by atoms with Gasteiger partial charge in [0.25, 0.3) is 0 Å². The molecule has 26 heavy (non-hydrogen) atoms. The fraction of sp³-hybridized carbons (Fsp3) is 0.100. The third-order valence-electron chi connectivity index (χ3n) is 3.79. The Morgan fingerprint density at radius 1 is 1.15 bits per heavy atom. The second-order valence-corrected chi connectivity index (χ2v) is 6.65. The summed E-state index contributed by atoms with van der Waals surface area (Å²) in [5, 5.41) is 20.6. The van der Waals surface area contributed by atoms with Gasteiger partial charge in [-0.1, -0.05) is 36.0 Å². The van der Waals surface area contributed by atoms with Gasteiger partial charge in [0, 0.05) is 0 Å². The standard InChI is InChI=1S/C20H17NO4S/c1-12-10-13(8-9-15(12)22)11-16-18(23)17(20(24)25-2)19(26-16)21-14-6-4-3-5-7-14/h3-11,22-23H,1-2H3. The number of para-hydroxylation sites is 1. The zero-order chi connectivity index (χ0) is 18.7. The quantitative estimate of drug-likeness (QED) is 0.781. The van der Waals surface area contributed by atoms with Gasteiger partial charge in [0.15, 0.2) is 0 Å². The van der Waals surface area contributed by atoms with Gasteiger partial charge in [-0.05, 0) is 48.4 Å². The number of thioether (sulfide) groups is 1. The van der Waals surface area contributed by atoms with Crippen LogP contribution in [-0.4, -0.2) is 28.3 Å². The van der Waals surface area contributed by atoms with E-state index in [1.54, 1.807) is 31.2 Å². The number of aliphatic hydroxyl groups is 1. The molecule has 0 bridgehead atoms. The number of aryl methyl sites for hydroxylation is 1. The van der Waals surface area contributed by atoms with Gasteiger partial charge in [0.05, 0.1) is 17.7 Å². The molecule has 1 aliphatic heterocycles. The highest BCUT2D eigenvalue weighted by atomic mass is 32.2. The van der Waals surface area contributed by atoms with Gasteiger partial charge in [-0.2, -0.15) is 0 Å². The van der Waals surface area contributed by atoms with Crippen LogP contribution in [0.5, 0.6) is 5.75 Å². The molecule has 0 amide bonds. The van der Waals surface area contributed by atoms with Crippen molar-refractivity contribution < 1.29 is 19.7 Å². The number of aliphatic hydroxyl groups excluding tert-OH is 1. The molecular weight excluding hydrogens is 350 g/mol. The van der Waals surface area contributed by atoms with E-state index in [1.165, 1.54) is 18.9 Å². The van der Waals surface area contributed by atoms with E-state index in [9.17, 15) is 15.0 Å². The van der Waals surface area contributed by atoms with Crippen molar-refractivity contribution in [1.82, 2.24) is 0 Å². The first-order valence-electron chi connectivity index (χ1n) is 7.85. The van der Waals surface area contributed by atoms with Crippen molar-refractivity contribution in [3.05, 3.63) is 75.9 Å². The van der Waals surface area contributed by atoms with Crippen LogP contribution >= 0.6 is 11.8 Å². The number of hydrogen-bond acceptors (Lipinski definition) is 6. The largest absolute Gasteiger partial charge is 0.508 e. The van der Waals surface area contributed by atoms with E-state index in [4.69, 9.17) is 4.74 Å². The van der Waals surface area contributed by atoms with Crippen LogP contribution in [-0.2, 0) is 9.53 Å². The maximum atomic E-state index is 12.1. The van der Waals surface area contributed by atoms with Crippen LogP contribution in [0.25, 0.3) is 6.08 Å². The summed E-state index contributed by atoms with van der Waals surface area (Å²) >= 11 is 1.19. The van der Waals surface area contributed by atoms with Gasteiger partial charge < -0.3 is 14.9 Å². The van der Waals surface area contributed by atoms with Crippen LogP contribution < -0.4 is 0 Å². The second-order valence-electron chi connectivity index (χ2n) is 5.62. The molecule has 2 N–H and O–H groups in total. The average Bonchev–Trinajstić information content (AvgIpc) is 2.93. The molecule has 2 aromatic rings. The lowest BCUT2D eigenvalue weighted by Gasteiger charge is -2.02. The first-order chi connectivity index (χ1) is 12.5. The SMILES string of the molecule is COC(=O)C1=C(O)C(=Cc2ccc(O)c(C)c2)SC1=Nc1ccccc1. The number of carbonyl (C=O) groups is 1. The summed E-state index contributed by atoms with van der Waals surface area (Å²) in [5.41, 5.74) is 2.23. The lowest BCUT2D eigenvalue weighted by molar-refractivity contribution is -0.135. The average molecular weight is 367 g/mol. The molecule has 2 aromatic carbocycles. The lowest BCUT2D eigenvalue weighted by atomic mass is 10.1. The van der Waals surface area contributed by atoms with Crippen molar-refractivity contribution in [2.24, 2.45) is 4.99 Å². The Hall–Kier alpha value is -2.99. The number of carbonyl (C=O) groups excluding carboxylic acids is 1. The number of phenols is 1. The summed E-state index contributed by atoms with van der Waals surface area (Å²) in [4.78, 5) is 17.1. The molecule has 0 fully saturated rings. The highest BCUT2D eigenvalue weighted by Gasteiger charge is 2.32. The Kier molecular flexibility index (Phi) is 5.14. The Morgan fingerprint density at radius 2 is 1.88 bits per heavy atom. The first-order valence-corrected chi connectivity index (χ1v) is 8.66. The highest BCUT2D eigenvalue weighted by molar-refractivity contribution is 8.18. The van der Waals surface area contributed by atoms with E-state index >= 15 is 0 Å². The molecule has 0 aromatic heterocycles. The molecule has 3 rings (SSSR count). The summed E-state index contributed by atoms with van der Waals surface area (Å²) in [6, 6.07) is 14.3. The molecule has 132 valence electrons. The number of phenolic OH excluding ortho intramolecular Hbond substituents is 1. The summed E-state index contributed by atoms with van der Waals surface area (Å²) in [6.07, 6.45) is 1.74. The molecule has 0 atom stereocenters. The number of rotatable bonds is 3. The highest BCUT2D eigenvalue weighted by Crippen LogP contribution is 2.40. The molecule has 0 saturated carbocycles. The number of aromatic hydroxyl groups is 1. The zero-order valence-electron chi connectivity index (χ0n) is 14.3. The number of methoxy groups -OCH3 is 1. The Balaban J connectivity index is 2.04.